The highest BCUT2D eigenvalue weighted by Crippen LogP contribution is 2.47. The Kier molecular flexibility index (Phi) is 3.79. The van der Waals surface area contributed by atoms with Crippen LogP contribution < -0.4 is 5.32 Å². The average Bonchev–Trinajstić information content (AvgIpc) is 2.69. The molecule has 3 nitrogen and oxygen atoms in total. The van der Waals surface area contributed by atoms with Crippen molar-refractivity contribution in [3.8, 4) is 0 Å². The zero-order valence-electron chi connectivity index (χ0n) is 12.6. The molecule has 1 spiro atoms. The summed E-state index contributed by atoms with van der Waals surface area (Å²) in [7, 11) is 1.96. The number of hydrogen-bond acceptors (Lipinski definition) is 3. The van der Waals surface area contributed by atoms with Crippen molar-refractivity contribution in [2.75, 3.05) is 13.7 Å². The van der Waals surface area contributed by atoms with Gasteiger partial charge in [-0.2, -0.15) is 0 Å². The third-order valence-electron chi connectivity index (χ3n) is 4.95. The van der Waals surface area contributed by atoms with E-state index in [-0.39, 0.29) is 11.5 Å². The molecule has 1 unspecified atom stereocenters. The Balaban J connectivity index is 1.98. The minimum Gasteiger partial charge on any atom is -0.345 e. The van der Waals surface area contributed by atoms with Crippen LogP contribution in [0.2, 0.25) is 0 Å². The summed E-state index contributed by atoms with van der Waals surface area (Å²) in [5.41, 5.74) is 0.152. The van der Waals surface area contributed by atoms with E-state index >= 15 is 0 Å². The van der Waals surface area contributed by atoms with Crippen molar-refractivity contribution in [2.24, 2.45) is 11.3 Å². The Bertz CT molecular complexity index is 283. The molecular weight excluding hydrogens is 226 g/mol. The predicted octanol–water partition coefficient (Wildman–Crippen LogP) is 3.29. The van der Waals surface area contributed by atoms with Crippen LogP contribution in [0.15, 0.2) is 0 Å². The van der Waals surface area contributed by atoms with Crippen LogP contribution in [0.1, 0.15) is 59.8 Å². The molecule has 1 heterocycles. The molecule has 1 aliphatic carbocycles. The summed E-state index contributed by atoms with van der Waals surface area (Å²) in [5, 5.41) is 3.29. The van der Waals surface area contributed by atoms with Crippen molar-refractivity contribution < 1.29 is 9.47 Å². The SMILES string of the molecule is CCC1(NC)COC2(CCC(C(C)(C)C)CC2)O1. The van der Waals surface area contributed by atoms with Crippen LogP contribution in [0.25, 0.3) is 0 Å². The molecule has 0 bridgehead atoms. The van der Waals surface area contributed by atoms with Crippen LogP contribution in [0, 0.1) is 11.3 Å². The lowest BCUT2D eigenvalue weighted by atomic mass is 9.71. The van der Waals surface area contributed by atoms with Crippen molar-refractivity contribution >= 4 is 0 Å². The smallest absolute Gasteiger partial charge is 0.171 e. The predicted molar refractivity (Wildman–Crippen MR) is 73.3 cm³/mol. The topological polar surface area (TPSA) is 30.5 Å². The maximum absolute atomic E-state index is 6.30. The van der Waals surface area contributed by atoms with Crippen LogP contribution >= 0.6 is 0 Å². The van der Waals surface area contributed by atoms with Crippen LogP contribution in [-0.4, -0.2) is 25.2 Å². The van der Waals surface area contributed by atoms with E-state index in [1.807, 2.05) is 7.05 Å². The highest BCUT2D eigenvalue weighted by Gasteiger charge is 2.51. The molecule has 2 fully saturated rings. The molecule has 1 saturated heterocycles. The zero-order chi connectivity index (χ0) is 13.4. The summed E-state index contributed by atoms with van der Waals surface area (Å²) in [6.45, 7) is 9.86. The zero-order valence-corrected chi connectivity index (χ0v) is 12.6. The number of likely N-dealkylation sites (N-methyl/N-ethyl adjacent to an activating group) is 1. The van der Waals surface area contributed by atoms with Crippen molar-refractivity contribution in [1.29, 1.82) is 0 Å². The van der Waals surface area contributed by atoms with E-state index in [0.717, 1.165) is 25.2 Å². The van der Waals surface area contributed by atoms with Gasteiger partial charge in [0.1, 0.15) is 5.72 Å². The van der Waals surface area contributed by atoms with Gasteiger partial charge in [0.15, 0.2) is 5.79 Å². The van der Waals surface area contributed by atoms with Crippen molar-refractivity contribution in [1.82, 2.24) is 5.32 Å². The quantitative estimate of drug-likeness (QED) is 0.821. The number of rotatable bonds is 2. The van der Waals surface area contributed by atoms with Crippen molar-refractivity contribution in [3.63, 3.8) is 0 Å². The second kappa shape index (κ2) is 4.77. The van der Waals surface area contributed by atoms with Gasteiger partial charge in [-0.25, -0.2) is 0 Å². The maximum atomic E-state index is 6.30. The van der Waals surface area contributed by atoms with Crippen LogP contribution in [0.5, 0.6) is 0 Å². The summed E-state index contributed by atoms with van der Waals surface area (Å²) >= 11 is 0. The molecule has 0 aromatic carbocycles. The van der Waals surface area contributed by atoms with E-state index in [2.05, 4.69) is 33.0 Å². The number of nitrogens with one attached hydrogen (secondary N) is 1. The van der Waals surface area contributed by atoms with Gasteiger partial charge >= 0.3 is 0 Å². The van der Waals surface area contributed by atoms with Gasteiger partial charge in [-0.15, -0.1) is 0 Å². The normalized spacial score (nSPS) is 41.5. The molecule has 1 N–H and O–H groups in total. The Labute approximate surface area is 112 Å². The second-order valence-electron chi connectivity index (χ2n) is 7.04. The molecule has 0 aromatic heterocycles. The molecule has 0 radical (unpaired) electrons. The third-order valence-corrected chi connectivity index (χ3v) is 4.95. The lowest BCUT2D eigenvalue weighted by Gasteiger charge is -2.41. The van der Waals surface area contributed by atoms with Gasteiger partial charge in [0, 0.05) is 12.8 Å². The standard InChI is InChI=1S/C15H29NO2/c1-6-14(16-5)11-17-15(18-14)9-7-12(8-10-15)13(2,3)4/h12,16H,6-11H2,1-5H3. The first-order valence-corrected chi connectivity index (χ1v) is 7.38. The van der Waals surface area contributed by atoms with Crippen molar-refractivity contribution in [3.05, 3.63) is 0 Å². The monoisotopic (exact) mass is 255 g/mol. The largest absolute Gasteiger partial charge is 0.345 e. The fraction of sp³-hybridized carbons (Fsp3) is 1.00. The molecule has 1 saturated carbocycles. The Hall–Kier alpha value is -0.120. The number of ether oxygens (including phenoxy) is 2. The molecule has 1 aliphatic heterocycles. The molecule has 0 amide bonds. The summed E-state index contributed by atoms with van der Waals surface area (Å²) in [5.74, 6) is 0.488. The minimum atomic E-state index is -0.305. The first-order chi connectivity index (χ1) is 8.35. The van der Waals surface area contributed by atoms with E-state index in [4.69, 9.17) is 9.47 Å². The van der Waals surface area contributed by atoms with E-state index in [9.17, 15) is 0 Å². The summed E-state index contributed by atoms with van der Waals surface area (Å²) in [6, 6.07) is 0. The Morgan fingerprint density at radius 2 is 1.83 bits per heavy atom. The van der Waals surface area contributed by atoms with Gasteiger partial charge in [-0.05, 0) is 37.6 Å². The highest BCUT2D eigenvalue weighted by molar-refractivity contribution is 4.92. The summed E-state index contributed by atoms with van der Waals surface area (Å²) in [6.07, 6.45) is 5.46. The molecule has 1 atom stereocenters. The Morgan fingerprint density at radius 1 is 1.22 bits per heavy atom. The number of hydrogen-bond donors (Lipinski definition) is 1. The minimum absolute atomic E-state index is 0.255. The van der Waals surface area contributed by atoms with Crippen LogP contribution in [0.4, 0.5) is 0 Å². The second-order valence-corrected chi connectivity index (χ2v) is 7.04. The lowest BCUT2D eigenvalue weighted by Crippen LogP contribution is -2.47. The maximum Gasteiger partial charge on any atom is 0.171 e. The lowest BCUT2D eigenvalue weighted by molar-refractivity contribution is -0.217. The first kappa shape index (κ1) is 14.3. The van der Waals surface area contributed by atoms with Crippen LogP contribution in [-0.2, 0) is 9.47 Å². The fourth-order valence-electron chi connectivity index (χ4n) is 3.31. The molecule has 18 heavy (non-hydrogen) atoms. The van der Waals surface area contributed by atoms with Gasteiger partial charge in [0.25, 0.3) is 0 Å². The fourth-order valence-corrected chi connectivity index (χ4v) is 3.31. The molecule has 106 valence electrons. The van der Waals surface area contributed by atoms with E-state index in [0.29, 0.717) is 12.0 Å². The van der Waals surface area contributed by atoms with Crippen LogP contribution in [0.3, 0.4) is 0 Å². The van der Waals surface area contributed by atoms with E-state index in [1.165, 1.54) is 12.8 Å². The van der Waals surface area contributed by atoms with Gasteiger partial charge in [-0.1, -0.05) is 27.7 Å². The molecule has 2 aliphatic rings. The van der Waals surface area contributed by atoms with E-state index < -0.39 is 0 Å². The van der Waals surface area contributed by atoms with Gasteiger partial charge in [0.2, 0.25) is 0 Å². The van der Waals surface area contributed by atoms with E-state index in [1.54, 1.807) is 0 Å². The average molecular weight is 255 g/mol. The van der Waals surface area contributed by atoms with Crippen molar-refractivity contribution in [2.45, 2.75) is 71.3 Å². The Morgan fingerprint density at radius 3 is 2.22 bits per heavy atom. The first-order valence-electron chi connectivity index (χ1n) is 7.38. The van der Waals surface area contributed by atoms with Gasteiger partial charge < -0.3 is 9.47 Å². The molecular formula is C15H29NO2. The summed E-state index contributed by atoms with van der Waals surface area (Å²) < 4.78 is 12.4. The molecule has 2 rings (SSSR count). The molecule has 0 aromatic rings. The highest BCUT2D eigenvalue weighted by atomic mass is 16.8. The van der Waals surface area contributed by atoms with Gasteiger partial charge in [-0.3, -0.25) is 5.32 Å². The summed E-state index contributed by atoms with van der Waals surface area (Å²) in [4.78, 5) is 0. The third kappa shape index (κ3) is 2.59. The molecule has 3 heteroatoms. The van der Waals surface area contributed by atoms with Gasteiger partial charge in [0.05, 0.1) is 6.61 Å².